The Morgan fingerprint density at radius 3 is 2.52 bits per heavy atom. The van der Waals surface area contributed by atoms with Crippen molar-refractivity contribution in [2.24, 2.45) is 0 Å². The largest absolute Gasteiger partial charge is 0.496 e. The Kier molecular flexibility index (Phi) is 8.56. The van der Waals surface area contributed by atoms with E-state index in [4.69, 9.17) is 25.8 Å². The van der Waals surface area contributed by atoms with Crippen LogP contribution in [0.2, 0.25) is 5.02 Å². The van der Waals surface area contributed by atoms with Gasteiger partial charge >= 0.3 is 0 Å². The number of methoxy groups -OCH3 is 1. The summed E-state index contributed by atoms with van der Waals surface area (Å²) in [6.07, 6.45) is 0.877. The molecule has 0 radical (unpaired) electrons. The topological polar surface area (TPSA) is 39.7 Å². The van der Waals surface area contributed by atoms with Crippen molar-refractivity contribution >= 4 is 11.6 Å². The number of halogens is 2. The summed E-state index contributed by atoms with van der Waals surface area (Å²) in [4.78, 5) is 0. The number of rotatable bonds is 11. The maximum Gasteiger partial charge on any atom is 0.161 e. The summed E-state index contributed by atoms with van der Waals surface area (Å²) in [6.45, 7) is 4.22. The molecular formula is C25H27ClFNO3. The predicted molar refractivity (Wildman–Crippen MR) is 122 cm³/mol. The molecule has 0 amide bonds. The van der Waals surface area contributed by atoms with Crippen LogP contribution in [-0.2, 0) is 19.6 Å². The fourth-order valence-electron chi connectivity index (χ4n) is 3.21. The van der Waals surface area contributed by atoms with Crippen LogP contribution in [-0.4, -0.2) is 20.3 Å². The normalized spacial score (nSPS) is 10.7. The van der Waals surface area contributed by atoms with Gasteiger partial charge in [0.25, 0.3) is 0 Å². The van der Waals surface area contributed by atoms with E-state index in [-0.39, 0.29) is 12.4 Å². The van der Waals surface area contributed by atoms with E-state index in [0.717, 1.165) is 24.3 Å². The van der Waals surface area contributed by atoms with E-state index in [1.54, 1.807) is 13.2 Å². The Morgan fingerprint density at radius 2 is 1.74 bits per heavy atom. The Balaban J connectivity index is 1.57. The first kappa shape index (κ1) is 22.9. The molecule has 0 fully saturated rings. The van der Waals surface area contributed by atoms with Crippen LogP contribution < -0.4 is 19.5 Å². The van der Waals surface area contributed by atoms with E-state index in [2.05, 4.69) is 11.4 Å². The zero-order valence-corrected chi connectivity index (χ0v) is 18.5. The summed E-state index contributed by atoms with van der Waals surface area (Å²) in [5, 5.41) is 3.80. The number of nitrogens with one attached hydrogen (secondary N) is 1. The molecule has 0 unspecified atom stereocenters. The zero-order valence-electron chi connectivity index (χ0n) is 17.8. The molecule has 3 rings (SSSR count). The molecule has 0 saturated heterocycles. The number of hydrogen-bond acceptors (Lipinski definition) is 4. The highest BCUT2D eigenvalue weighted by Crippen LogP contribution is 2.30. The van der Waals surface area contributed by atoms with Gasteiger partial charge in [0, 0.05) is 12.1 Å². The van der Waals surface area contributed by atoms with Crippen LogP contribution in [0.4, 0.5) is 4.39 Å². The second kappa shape index (κ2) is 11.6. The van der Waals surface area contributed by atoms with E-state index >= 15 is 0 Å². The molecule has 0 heterocycles. The number of para-hydroxylation sites is 1. The molecule has 0 bridgehead atoms. The fraction of sp³-hybridized carbons (Fsp3) is 0.280. The number of ether oxygens (including phenoxy) is 3. The summed E-state index contributed by atoms with van der Waals surface area (Å²) in [5.74, 6) is 1.83. The predicted octanol–water partition coefficient (Wildman–Crippen LogP) is 5.80. The van der Waals surface area contributed by atoms with Crippen molar-refractivity contribution in [1.82, 2.24) is 5.32 Å². The Hall–Kier alpha value is -2.76. The Labute approximate surface area is 187 Å². The third kappa shape index (κ3) is 6.61. The first-order chi connectivity index (χ1) is 15.1. The molecule has 164 valence electrons. The summed E-state index contributed by atoms with van der Waals surface area (Å²) in [6, 6.07) is 18.2. The van der Waals surface area contributed by atoms with E-state index in [0.29, 0.717) is 35.2 Å². The van der Waals surface area contributed by atoms with Crippen LogP contribution in [0, 0.1) is 5.82 Å². The summed E-state index contributed by atoms with van der Waals surface area (Å²) >= 11 is 6.09. The van der Waals surface area contributed by atoms with Crippen LogP contribution in [0.5, 0.6) is 17.2 Å². The van der Waals surface area contributed by atoms with Gasteiger partial charge < -0.3 is 19.5 Å². The molecule has 0 atom stereocenters. The van der Waals surface area contributed by atoms with E-state index in [9.17, 15) is 4.39 Å². The summed E-state index contributed by atoms with van der Waals surface area (Å²) in [5.41, 5.74) is 2.99. The minimum atomic E-state index is -0.369. The molecule has 0 aliphatic rings. The van der Waals surface area contributed by atoms with Crippen LogP contribution in [0.3, 0.4) is 0 Å². The van der Waals surface area contributed by atoms with Crippen molar-refractivity contribution in [2.45, 2.75) is 26.5 Å². The van der Waals surface area contributed by atoms with Gasteiger partial charge in [-0.2, -0.15) is 0 Å². The van der Waals surface area contributed by atoms with Gasteiger partial charge in [-0.05, 0) is 61.3 Å². The zero-order chi connectivity index (χ0) is 22.1. The maximum absolute atomic E-state index is 13.2. The van der Waals surface area contributed by atoms with Crippen molar-refractivity contribution in [2.75, 3.05) is 20.3 Å². The lowest BCUT2D eigenvalue weighted by Gasteiger charge is -2.14. The average Bonchev–Trinajstić information content (AvgIpc) is 2.77. The van der Waals surface area contributed by atoms with Gasteiger partial charge in [-0.25, -0.2) is 4.39 Å². The molecule has 6 heteroatoms. The lowest BCUT2D eigenvalue weighted by atomic mass is 10.1. The standard InChI is InChI=1S/C25H27ClFNO3/c1-3-30-25-14-18(16-28-13-12-19-6-4-5-7-23(19)29-2)8-11-24(25)31-17-20-9-10-21(27)15-22(20)26/h4-11,14-15,28H,3,12-13,16-17H2,1-2H3. The average molecular weight is 444 g/mol. The Morgan fingerprint density at radius 1 is 0.903 bits per heavy atom. The summed E-state index contributed by atoms with van der Waals surface area (Å²) < 4.78 is 30.3. The van der Waals surface area contributed by atoms with Crippen molar-refractivity contribution < 1.29 is 18.6 Å². The quantitative estimate of drug-likeness (QED) is 0.380. The van der Waals surface area contributed by atoms with Gasteiger partial charge in [-0.3, -0.25) is 0 Å². The van der Waals surface area contributed by atoms with E-state index in [1.165, 1.54) is 17.7 Å². The lowest BCUT2D eigenvalue weighted by Crippen LogP contribution is -2.17. The van der Waals surface area contributed by atoms with Crippen LogP contribution in [0.15, 0.2) is 60.7 Å². The SMILES string of the molecule is CCOc1cc(CNCCc2ccccc2OC)ccc1OCc1ccc(F)cc1Cl. The highest BCUT2D eigenvalue weighted by Gasteiger charge is 2.09. The molecule has 0 aliphatic heterocycles. The third-order valence-corrected chi connectivity index (χ3v) is 5.15. The van der Waals surface area contributed by atoms with Gasteiger partial charge in [0.1, 0.15) is 18.2 Å². The first-order valence-electron chi connectivity index (χ1n) is 10.3. The Bertz CT molecular complexity index is 996. The molecule has 4 nitrogen and oxygen atoms in total. The number of hydrogen-bond donors (Lipinski definition) is 1. The van der Waals surface area contributed by atoms with Gasteiger partial charge in [0.2, 0.25) is 0 Å². The van der Waals surface area contributed by atoms with Gasteiger partial charge in [0.05, 0.1) is 18.7 Å². The van der Waals surface area contributed by atoms with Gasteiger partial charge in [-0.1, -0.05) is 41.9 Å². The first-order valence-corrected chi connectivity index (χ1v) is 10.6. The van der Waals surface area contributed by atoms with E-state index < -0.39 is 0 Å². The molecule has 3 aromatic rings. The van der Waals surface area contributed by atoms with Gasteiger partial charge in [0.15, 0.2) is 11.5 Å². The smallest absolute Gasteiger partial charge is 0.161 e. The van der Waals surface area contributed by atoms with Crippen LogP contribution in [0.25, 0.3) is 0 Å². The second-order valence-corrected chi connectivity index (χ2v) is 7.38. The van der Waals surface area contributed by atoms with Crippen molar-refractivity contribution in [3.8, 4) is 17.2 Å². The minimum absolute atomic E-state index is 0.232. The van der Waals surface area contributed by atoms with E-state index in [1.807, 2.05) is 43.3 Å². The molecule has 0 aromatic heterocycles. The number of benzene rings is 3. The maximum atomic E-state index is 13.2. The van der Waals surface area contributed by atoms with Crippen LogP contribution >= 0.6 is 11.6 Å². The highest BCUT2D eigenvalue weighted by molar-refractivity contribution is 6.31. The van der Waals surface area contributed by atoms with Crippen molar-refractivity contribution in [1.29, 1.82) is 0 Å². The highest BCUT2D eigenvalue weighted by atomic mass is 35.5. The molecular weight excluding hydrogens is 417 g/mol. The monoisotopic (exact) mass is 443 g/mol. The fourth-order valence-corrected chi connectivity index (χ4v) is 3.43. The van der Waals surface area contributed by atoms with Gasteiger partial charge in [-0.15, -0.1) is 0 Å². The molecule has 31 heavy (non-hydrogen) atoms. The molecule has 0 spiro atoms. The molecule has 1 N–H and O–H groups in total. The van der Waals surface area contributed by atoms with Crippen molar-refractivity contribution in [3.05, 3.63) is 88.2 Å². The third-order valence-electron chi connectivity index (χ3n) is 4.80. The van der Waals surface area contributed by atoms with Crippen LogP contribution in [0.1, 0.15) is 23.6 Å². The lowest BCUT2D eigenvalue weighted by molar-refractivity contribution is 0.269. The molecule has 0 saturated carbocycles. The molecule has 3 aromatic carbocycles. The molecule has 0 aliphatic carbocycles. The van der Waals surface area contributed by atoms with Crippen molar-refractivity contribution in [3.63, 3.8) is 0 Å². The summed E-state index contributed by atoms with van der Waals surface area (Å²) in [7, 11) is 1.69. The second-order valence-electron chi connectivity index (χ2n) is 6.98. The minimum Gasteiger partial charge on any atom is -0.496 e.